The van der Waals surface area contributed by atoms with Gasteiger partial charge in [-0.3, -0.25) is 4.90 Å². The van der Waals surface area contributed by atoms with Crippen LogP contribution in [0.1, 0.15) is 30.4 Å². The SMILES string of the molecule is O=C(O)C=Cc1cc(F)ccc1CN1CC2CCC1C2. The summed E-state index contributed by atoms with van der Waals surface area (Å²) in [6.45, 7) is 1.89. The van der Waals surface area contributed by atoms with Gasteiger partial charge in [-0.25, -0.2) is 9.18 Å². The van der Waals surface area contributed by atoms with Crippen LogP contribution in [0.3, 0.4) is 0 Å². The van der Waals surface area contributed by atoms with E-state index in [9.17, 15) is 9.18 Å². The van der Waals surface area contributed by atoms with E-state index in [1.54, 1.807) is 6.07 Å². The van der Waals surface area contributed by atoms with Crippen molar-refractivity contribution in [2.45, 2.75) is 31.8 Å². The summed E-state index contributed by atoms with van der Waals surface area (Å²) in [5, 5.41) is 8.71. The number of carbonyl (C=O) groups is 1. The van der Waals surface area contributed by atoms with Crippen LogP contribution in [0.5, 0.6) is 0 Å². The van der Waals surface area contributed by atoms with E-state index in [0.29, 0.717) is 11.6 Å². The number of rotatable bonds is 4. The molecule has 1 saturated heterocycles. The van der Waals surface area contributed by atoms with Gasteiger partial charge in [0.2, 0.25) is 0 Å². The van der Waals surface area contributed by atoms with E-state index < -0.39 is 5.97 Å². The lowest BCUT2D eigenvalue weighted by Gasteiger charge is -2.27. The molecule has 2 fully saturated rings. The van der Waals surface area contributed by atoms with Crippen LogP contribution in [0.2, 0.25) is 0 Å². The van der Waals surface area contributed by atoms with Crippen molar-refractivity contribution >= 4 is 12.0 Å². The monoisotopic (exact) mass is 275 g/mol. The number of benzene rings is 1. The van der Waals surface area contributed by atoms with E-state index >= 15 is 0 Å². The third-order valence-electron chi connectivity index (χ3n) is 4.41. The lowest BCUT2D eigenvalue weighted by molar-refractivity contribution is -0.131. The molecule has 1 N–H and O–H groups in total. The summed E-state index contributed by atoms with van der Waals surface area (Å²) >= 11 is 0. The maximum atomic E-state index is 13.3. The Balaban J connectivity index is 1.80. The zero-order valence-corrected chi connectivity index (χ0v) is 11.3. The fraction of sp³-hybridized carbons (Fsp3) is 0.438. The van der Waals surface area contributed by atoms with E-state index in [-0.39, 0.29) is 5.82 Å². The molecule has 2 bridgehead atoms. The van der Waals surface area contributed by atoms with Gasteiger partial charge in [0.25, 0.3) is 0 Å². The van der Waals surface area contributed by atoms with Gasteiger partial charge >= 0.3 is 5.97 Å². The van der Waals surface area contributed by atoms with Crippen LogP contribution in [0, 0.1) is 11.7 Å². The molecule has 0 spiro atoms. The van der Waals surface area contributed by atoms with Gasteiger partial charge < -0.3 is 5.11 Å². The molecule has 0 aromatic heterocycles. The van der Waals surface area contributed by atoms with E-state index in [1.807, 2.05) is 0 Å². The number of carboxylic acid groups (broad SMARTS) is 1. The molecule has 2 atom stereocenters. The van der Waals surface area contributed by atoms with Gasteiger partial charge in [-0.1, -0.05) is 6.07 Å². The number of aliphatic carboxylic acids is 1. The van der Waals surface area contributed by atoms with Gasteiger partial charge in [0, 0.05) is 25.2 Å². The zero-order chi connectivity index (χ0) is 14.1. The van der Waals surface area contributed by atoms with Crippen LogP contribution in [0.25, 0.3) is 6.08 Å². The molecule has 2 unspecified atom stereocenters. The number of hydrogen-bond donors (Lipinski definition) is 1. The second kappa shape index (κ2) is 5.37. The van der Waals surface area contributed by atoms with Crippen LogP contribution in [-0.2, 0) is 11.3 Å². The average Bonchev–Trinajstić information content (AvgIpc) is 3.01. The van der Waals surface area contributed by atoms with Crippen LogP contribution in [-0.4, -0.2) is 28.6 Å². The maximum absolute atomic E-state index is 13.3. The van der Waals surface area contributed by atoms with Crippen molar-refractivity contribution in [3.8, 4) is 0 Å². The van der Waals surface area contributed by atoms with Gasteiger partial charge in [-0.05, 0) is 54.5 Å². The summed E-state index contributed by atoms with van der Waals surface area (Å²) in [4.78, 5) is 13.1. The molecule has 1 saturated carbocycles. The number of fused-ring (bicyclic) bond motifs is 2. The molecule has 1 aliphatic heterocycles. The lowest BCUT2D eigenvalue weighted by Crippen LogP contribution is -2.31. The number of carboxylic acids is 1. The minimum Gasteiger partial charge on any atom is -0.478 e. The maximum Gasteiger partial charge on any atom is 0.328 e. The molecule has 1 aromatic carbocycles. The molecule has 1 heterocycles. The highest BCUT2D eigenvalue weighted by Crippen LogP contribution is 2.38. The summed E-state index contributed by atoms with van der Waals surface area (Å²) in [5.74, 6) is -0.527. The smallest absolute Gasteiger partial charge is 0.328 e. The highest BCUT2D eigenvalue weighted by molar-refractivity contribution is 5.85. The fourth-order valence-corrected chi connectivity index (χ4v) is 3.47. The number of piperidine rings is 1. The minimum absolute atomic E-state index is 0.332. The first-order valence-electron chi connectivity index (χ1n) is 7.05. The Morgan fingerprint density at radius 1 is 1.45 bits per heavy atom. The molecule has 0 amide bonds. The van der Waals surface area contributed by atoms with E-state index in [4.69, 9.17) is 5.11 Å². The largest absolute Gasteiger partial charge is 0.478 e. The van der Waals surface area contributed by atoms with Crippen LogP contribution in [0.4, 0.5) is 4.39 Å². The predicted molar refractivity (Wildman–Crippen MR) is 74.6 cm³/mol. The third-order valence-corrected chi connectivity index (χ3v) is 4.41. The Morgan fingerprint density at radius 3 is 2.95 bits per heavy atom. The molecule has 2 aliphatic rings. The van der Waals surface area contributed by atoms with Crippen molar-refractivity contribution in [1.82, 2.24) is 4.90 Å². The first kappa shape index (κ1) is 13.3. The third kappa shape index (κ3) is 2.75. The van der Waals surface area contributed by atoms with Crippen LogP contribution < -0.4 is 0 Å². The molecule has 20 heavy (non-hydrogen) atoms. The molecular formula is C16H18FNO2. The van der Waals surface area contributed by atoms with Crippen LogP contribution >= 0.6 is 0 Å². The van der Waals surface area contributed by atoms with Crippen molar-refractivity contribution < 1.29 is 14.3 Å². The fourth-order valence-electron chi connectivity index (χ4n) is 3.47. The second-order valence-electron chi connectivity index (χ2n) is 5.78. The number of likely N-dealkylation sites (tertiary alicyclic amines) is 1. The van der Waals surface area contributed by atoms with Crippen molar-refractivity contribution in [1.29, 1.82) is 0 Å². The highest BCUT2D eigenvalue weighted by atomic mass is 19.1. The Hall–Kier alpha value is -1.68. The van der Waals surface area contributed by atoms with E-state index in [1.165, 1.54) is 37.5 Å². The standard InChI is InChI=1S/C16H18FNO2/c17-14-4-2-13(12(8-14)3-6-16(19)20)10-18-9-11-1-5-15(18)7-11/h2-4,6,8,11,15H,1,5,7,9-10H2,(H,19,20). The Labute approximate surface area is 117 Å². The van der Waals surface area contributed by atoms with Gasteiger partial charge in [0.1, 0.15) is 5.82 Å². The quantitative estimate of drug-likeness (QED) is 0.859. The molecule has 106 valence electrons. The summed E-state index contributed by atoms with van der Waals surface area (Å²) in [6, 6.07) is 5.27. The second-order valence-corrected chi connectivity index (χ2v) is 5.78. The van der Waals surface area contributed by atoms with Crippen molar-refractivity contribution in [3.63, 3.8) is 0 Å². The molecular weight excluding hydrogens is 257 g/mol. The van der Waals surface area contributed by atoms with E-state index in [0.717, 1.165) is 30.6 Å². The lowest BCUT2D eigenvalue weighted by atomic mass is 10.0. The Kier molecular flexibility index (Phi) is 3.57. The molecule has 0 radical (unpaired) electrons. The average molecular weight is 275 g/mol. The van der Waals surface area contributed by atoms with Crippen molar-refractivity contribution in [2.24, 2.45) is 5.92 Å². The van der Waals surface area contributed by atoms with Crippen LogP contribution in [0.15, 0.2) is 24.3 Å². The summed E-state index contributed by atoms with van der Waals surface area (Å²) in [6.07, 6.45) is 6.41. The molecule has 1 aromatic rings. The highest BCUT2D eigenvalue weighted by Gasteiger charge is 2.37. The van der Waals surface area contributed by atoms with Gasteiger partial charge in [0.05, 0.1) is 0 Å². The molecule has 3 rings (SSSR count). The van der Waals surface area contributed by atoms with Gasteiger partial charge in [-0.15, -0.1) is 0 Å². The topological polar surface area (TPSA) is 40.5 Å². The zero-order valence-electron chi connectivity index (χ0n) is 11.3. The molecule has 4 heteroatoms. The normalized spacial score (nSPS) is 25.6. The Morgan fingerprint density at radius 2 is 2.30 bits per heavy atom. The Bertz CT molecular complexity index is 555. The summed E-state index contributed by atoms with van der Waals surface area (Å²) < 4.78 is 13.3. The van der Waals surface area contributed by atoms with Crippen molar-refractivity contribution in [3.05, 3.63) is 41.2 Å². The van der Waals surface area contributed by atoms with Gasteiger partial charge in [0.15, 0.2) is 0 Å². The molecule has 3 nitrogen and oxygen atoms in total. The first-order chi connectivity index (χ1) is 9.61. The predicted octanol–water partition coefficient (Wildman–Crippen LogP) is 2.91. The molecule has 1 aliphatic carbocycles. The minimum atomic E-state index is -1.01. The summed E-state index contributed by atoms with van der Waals surface area (Å²) in [5.41, 5.74) is 1.66. The number of hydrogen-bond acceptors (Lipinski definition) is 2. The van der Waals surface area contributed by atoms with Crippen molar-refractivity contribution in [2.75, 3.05) is 6.54 Å². The number of halogens is 1. The first-order valence-corrected chi connectivity index (χ1v) is 7.05. The van der Waals surface area contributed by atoms with E-state index in [2.05, 4.69) is 4.90 Å². The summed E-state index contributed by atoms with van der Waals surface area (Å²) in [7, 11) is 0. The van der Waals surface area contributed by atoms with Gasteiger partial charge in [-0.2, -0.15) is 0 Å². The number of nitrogens with zero attached hydrogens (tertiary/aromatic N) is 1.